The number of carboxylic acid groups (broad SMARTS) is 1. The van der Waals surface area contributed by atoms with E-state index in [1.54, 1.807) is 24.3 Å². The van der Waals surface area contributed by atoms with Crippen LogP contribution in [0.3, 0.4) is 0 Å². The van der Waals surface area contributed by atoms with Crippen molar-refractivity contribution >= 4 is 23.5 Å². The van der Waals surface area contributed by atoms with Gasteiger partial charge in [0.25, 0.3) is 11.8 Å². The maximum atomic E-state index is 14.4. The van der Waals surface area contributed by atoms with Crippen molar-refractivity contribution in [2.75, 3.05) is 6.54 Å². The highest BCUT2D eigenvalue weighted by Crippen LogP contribution is 2.48. The molecule has 0 unspecified atom stereocenters. The molecule has 0 radical (unpaired) electrons. The van der Waals surface area contributed by atoms with Gasteiger partial charge in [0.2, 0.25) is 0 Å². The van der Waals surface area contributed by atoms with Gasteiger partial charge in [-0.3, -0.25) is 19.4 Å². The Morgan fingerprint density at radius 3 is 2.43 bits per heavy atom. The molecule has 1 spiro atoms. The van der Waals surface area contributed by atoms with E-state index in [9.17, 15) is 18.8 Å². The molecule has 2 aliphatic rings. The molecule has 2 aromatic rings. The van der Waals surface area contributed by atoms with Crippen LogP contribution < -0.4 is 5.32 Å². The summed E-state index contributed by atoms with van der Waals surface area (Å²) >= 11 is 0. The molecule has 1 aliphatic carbocycles. The van der Waals surface area contributed by atoms with Crippen molar-refractivity contribution in [3.05, 3.63) is 71.0 Å². The van der Waals surface area contributed by atoms with Crippen LogP contribution in [0.15, 0.2) is 53.5 Å². The van der Waals surface area contributed by atoms with Crippen molar-refractivity contribution in [1.29, 1.82) is 0 Å². The summed E-state index contributed by atoms with van der Waals surface area (Å²) < 4.78 is 14.3. The Bertz CT molecular complexity index is 1340. The highest BCUT2D eigenvalue weighted by atomic mass is 19.1. The van der Waals surface area contributed by atoms with Gasteiger partial charge in [-0.05, 0) is 79.7 Å². The molecule has 1 saturated carbocycles. The zero-order valence-electron chi connectivity index (χ0n) is 26.7. The first-order valence-corrected chi connectivity index (χ1v) is 16.2. The zero-order chi connectivity index (χ0) is 31.9. The third-order valence-electron chi connectivity index (χ3n) is 9.07. The molecular formula is C36H48FN3O4. The third kappa shape index (κ3) is 8.33. The first-order valence-electron chi connectivity index (χ1n) is 16.2. The first kappa shape index (κ1) is 33.3. The molecule has 4 rings (SSSR count). The standard InChI is InChI=1S/C36H48FN3O4/c1-5-6-7-9-25-16-21-36(22-17-25)39-32(28-10-8-11-29(37)24-28)34(44)40(36)30(18-20-35(2,3)4)26-12-14-27(15-13-26)33(43)38-23-19-31(41)42/h8,10-15,24-25,30H,5-7,9,16-23H2,1-4H3,(H,38,43)(H,41,42)/t25?,30-,36?/m1/s1. The summed E-state index contributed by atoms with van der Waals surface area (Å²) in [4.78, 5) is 45.1. The number of carbonyl (C=O) groups excluding carboxylic acids is 2. The van der Waals surface area contributed by atoms with E-state index in [2.05, 4.69) is 33.0 Å². The van der Waals surface area contributed by atoms with Crippen molar-refractivity contribution < 1.29 is 23.9 Å². The van der Waals surface area contributed by atoms with Crippen LogP contribution in [0.1, 0.15) is 126 Å². The number of nitrogens with one attached hydrogen (secondary N) is 1. The van der Waals surface area contributed by atoms with E-state index >= 15 is 0 Å². The highest BCUT2D eigenvalue weighted by Gasteiger charge is 2.51. The van der Waals surface area contributed by atoms with Crippen molar-refractivity contribution in [2.45, 2.75) is 110 Å². The minimum absolute atomic E-state index is 0.0291. The summed E-state index contributed by atoms with van der Waals surface area (Å²) in [7, 11) is 0. The van der Waals surface area contributed by atoms with Gasteiger partial charge in [0, 0.05) is 17.7 Å². The number of unbranched alkanes of at least 4 members (excludes halogenated alkanes) is 2. The minimum atomic E-state index is -0.971. The summed E-state index contributed by atoms with van der Waals surface area (Å²) in [5, 5.41) is 11.5. The largest absolute Gasteiger partial charge is 0.481 e. The molecule has 2 aromatic carbocycles. The lowest BCUT2D eigenvalue weighted by molar-refractivity contribution is -0.137. The Kier molecular flexibility index (Phi) is 11.0. The van der Waals surface area contributed by atoms with Crippen LogP contribution in [-0.4, -0.2) is 45.7 Å². The molecule has 0 aromatic heterocycles. The fraction of sp³-hybridized carbons (Fsp3) is 0.556. The number of hydrogen-bond donors (Lipinski definition) is 2. The van der Waals surface area contributed by atoms with Crippen LogP contribution in [0, 0.1) is 17.2 Å². The maximum absolute atomic E-state index is 14.4. The maximum Gasteiger partial charge on any atom is 0.305 e. The molecule has 2 amide bonds. The number of nitrogens with zero attached hydrogens (tertiary/aromatic N) is 2. The lowest BCUT2D eigenvalue weighted by Gasteiger charge is -2.46. The van der Waals surface area contributed by atoms with Gasteiger partial charge in [-0.2, -0.15) is 0 Å². The number of hydrogen-bond acceptors (Lipinski definition) is 4. The second-order valence-electron chi connectivity index (χ2n) is 13.7. The summed E-state index contributed by atoms with van der Waals surface area (Å²) in [6.07, 6.45) is 9.80. The molecule has 2 N–H and O–H groups in total. The average Bonchev–Trinajstić information content (AvgIpc) is 3.25. The molecular weight excluding hydrogens is 557 g/mol. The topological polar surface area (TPSA) is 99.1 Å². The van der Waals surface area contributed by atoms with Crippen LogP contribution >= 0.6 is 0 Å². The fourth-order valence-electron chi connectivity index (χ4n) is 6.59. The fourth-order valence-corrected chi connectivity index (χ4v) is 6.59. The van der Waals surface area contributed by atoms with Crippen molar-refractivity contribution in [1.82, 2.24) is 10.2 Å². The number of carboxylic acids is 1. The molecule has 0 bridgehead atoms. The Morgan fingerprint density at radius 2 is 1.82 bits per heavy atom. The van der Waals surface area contributed by atoms with Gasteiger partial charge in [-0.1, -0.05) is 77.6 Å². The molecule has 8 heteroatoms. The smallest absolute Gasteiger partial charge is 0.305 e. The van der Waals surface area contributed by atoms with Crippen molar-refractivity contribution in [3.63, 3.8) is 0 Å². The lowest BCUT2D eigenvalue weighted by Crippen LogP contribution is -2.51. The average molecular weight is 606 g/mol. The molecule has 1 fully saturated rings. The van der Waals surface area contributed by atoms with Gasteiger partial charge < -0.3 is 15.3 Å². The molecule has 0 saturated heterocycles. The minimum Gasteiger partial charge on any atom is -0.481 e. The van der Waals surface area contributed by atoms with E-state index in [4.69, 9.17) is 10.1 Å². The summed E-state index contributed by atoms with van der Waals surface area (Å²) in [6.45, 7) is 8.83. The quantitative estimate of drug-likeness (QED) is 0.229. The number of aliphatic carboxylic acids is 1. The highest BCUT2D eigenvalue weighted by molar-refractivity contribution is 6.46. The van der Waals surface area contributed by atoms with Crippen LogP contribution in [-0.2, 0) is 9.59 Å². The second-order valence-corrected chi connectivity index (χ2v) is 13.7. The van der Waals surface area contributed by atoms with Crippen LogP contribution in [0.5, 0.6) is 0 Å². The Balaban J connectivity index is 1.68. The normalized spacial score (nSPS) is 20.9. The van der Waals surface area contributed by atoms with E-state index in [0.29, 0.717) is 29.2 Å². The summed E-state index contributed by atoms with van der Waals surface area (Å²) in [6, 6.07) is 13.2. The van der Waals surface area contributed by atoms with Crippen molar-refractivity contribution in [2.24, 2.45) is 16.3 Å². The molecule has 1 heterocycles. The number of amides is 2. The van der Waals surface area contributed by atoms with E-state index in [1.807, 2.05) is 17.0 Å². The van der Waals surface area contributed by atoms with Gasteiger partial charge in [-0.15, -0.1) is 0 Å². The first-order chi connectivity index (χ1) is 20.9. The molecule has 1 aliphatic heterocycles. The Morgan fingerprint density at radius 1 is 1.11 bits per heavy atom. The summed E-state index contributed by atoms with van der Waals surface area (Å²) in [5.74, 6) is -1.26. The molecule has 238 valence electrons. The van der Waals surface area contributed by atoms with Gasteiger partial charge in [-0.25, -0.2) is 4.39 Å². The number of benzene rings is 2. The third-order valence-corrected chi connectivity index (χ3v) is 9.07. The van der Waals surface area contributed by atoms with Gasteiger partial charge in [0.15, 0.2) is 0 Å². The molecule has 7 nitrogen and oxygen atoms in total. The number of aliphatic imine (C=N–C) groups is 1. The van der Waals surface area contributed by atoms with Gasteiger partial charge >= 0.3 is 5.97 Å². The molecule has 1 atom stereocenters. The SMILES string of the molecule is CCCCCC1CCC2(CC1)N=C(c1cccc(F)c1)C(=O)N2[C@H](CCC(C)(C)C)c1ccc(C(=O)NCCC(=O)O)cc1. The number of rotatable bonds is 13. The predicted octanol–water partition coefficient (Wildman–Crippen LogP) is 7.70. The number of carbonyl (C=O) groups is 3. The Hall–Kier alpha value is -3.55. The summed E-state index contributed by atoms with van der Waals surface area (Å²) in [5.41, 5.74) is 1.51. The van der Waals surface area contributed by atoms with E-state index < -0.39 is 17.4 Å². The van der Waals surface area contributed by atoms with Gasteiger partial charge in [0.1, 0.15) is 17.2 Å². The van der Waals surface area contributed by atoms with E-state index in [0.717, 1.165) is 37.7 Å². The van der Waals surface area contributed by atoms with Crippen LogP contribution in [0.2, 0.25) is 0 Å². The number of halogens is 1. The van der Waals surface area contributed by atoms with Crippen LogP contribution in [0.4, 0.5) is 4.39 Å². The van der Waals surface area contributed by atoms with Crippen molar-refractivity contribution in [3.8, 4) is 0 Å². The second kappa shape index (κ2) is 14.5. The van der Waals surface area contributed by atoms with Crippen LogP contribution in [0.25, 0.3) is 0 Å². The molecule has 44 heavy (non-hydrogen) atoms. The van der Waals surface area contributed by atoms with E-state index in [-0.39, 0.29) is 36.2 Å². The zero-order valence-corrected chi connectivity index (χ0v) is 26.7. The van der Waals surface area contributed by atoms with Gasteiger partial charge in [0.05, 0.1) is 12.5 Å². The Labute approximate surface area is 261 Å². The predicted molar refractivity (Wildman–Crippen MR) is 171 cm³/mol. The van der Waals surface area contributed by atoms with E-state index in [1.165, 1.54) is 37.8 Å². The monoisotopic (exact) mass is 605 g/mol. The lowest BCUT2D eigenvalue weighted by atomic mass is 9.77.